The van der Waals surface area contributed by atoms with Gasteiger partial charge in [0, 0.05) is 10.6 Å². The fraction of sp³-hybridized carbons (Fsp3) is 0.143. The number of rotatable bonds is 7. The number of carboxylic acid groups (broad SMARTS) is 1. The molecule has 1 heterocycles. The minimum Gasteiger partial charge on any atom is -0.479 e. The molecule has 1 aromatic heterocycles. The predicted molar refractivity (Wildman–Crippen MR) is 89.5 cm³/mol. The highest BCUT2D eigenvalue weighted by Gasteiger charge is 2.25. The maximum absolute atomic E-state index is 11.9. The van der Waals surface area contributed by atoms with Crippen LogP contribution in [0.15, 0.2) is 46.0 Å². The van der Waals surface area contributed by atoms with Crippen molar-refractivity contribution in [2.75, 3.05) is 6.54 Å². The maximum Gasteiger partial charge on any atom is 0.330 e. The Morgan fingerprint density at radius 1 is 1.21 bits per heavy atom. The summed E-state index contributed by atoms with van der Waals surface area (Å²) in [6.45, 7) is -0.589. The van der Waals surface area contributed by atoms with Crippen LogP contribution in [0.4, 0.5) is 0 Å². The Kier molecular flexibility index (Phi) is 5.94. The molecule has 1 atom stereocenters. The van der Waals surface area contributed by atoms with Gasteiger partial charge in [0.1, 0.15) is 4.21 Å². The largest absolute Gasteiger partial charge is 0.479 e. The topological polar surface area (TPSA) is 113 Å². The molecule has 0 saturated heterocycles. The van der Waals surface area contributed by atoms with Crippen molar-refractivity contribution in [2.45, 2.75) is 10.3 Å². The molecule has 0 aliphatic heterocycles. The van der Waals surface area contributed by atoms with Crippen molar-refractivity contribution < 1.29 is 23.1 Å². The zero-order valence-corrected chi connectivity index (χ0v) is 14.5. The molecule has 0 radical (unpaired) electrons. The van der Waals surface area contributed by atoms with E-state index in [0.717, 1.165) is 11.3 Å². The summed E-state index contributed by atoms with van der Waals surface area (Å²) < 4.78 is 26.0. The van der Waals surface area contributed by atoms with E-state index in [1.807, 2.05) is 0 Å². The van der Waals surface area contributed by atoms with Crippen molar-refractivity contribution in [3.8, 4) is 0 Å². The molecule has 0 spiro atoms. The second-order valence-corrected chi connectivity index (χ2v) is 7.97. The van der Waals surface area contributed by atoms with Crippen LogP contribution in [0.25, 0.3) is 0 Å². The highest BCUT2D eigenvalue weighted by Crippen LogP contribution is 2.22. The van der Waals surface area contributed by atoms with E-state index in [1.54, 1.807) is 23.6 Å². The third kappa shape index (κ3) is 4.54. The highest BCUT2D eigenvalue weighted by atomic mass is 35.5. The molecule has 2 rings (SSSR count). The van der Waals surface area contributed by atoms with Crippen LogP contribution in [0.1, 0.15) is 11.6 Å². The summed E-state index contributed by atoms with van der Waals surface area (Å²) in [7, 11) is -3.81. The third-order valence-corrected chi connectivity index (χ3v) is 6.09. The first kappa shape index (κ1) is 18.4. The fourth-order valence-corrected chi connectivity index (χ4v) is 4.11. The Balaban J connectivity index is 2.05. The third-order valence-electron chi connectivity index (χ3n) is 2.95. The van der Waals surface area contributed by atoms with Gasteiger partial charge in [-0.15, -0.1) is 11.3 Å². The van der Waals surface area contributed by atoms with Crippen LogP contribution in [0, 0.1) is 0 Å². The Labute approximate surface area is 147 Å². The lowest BCUT2D eigenvalue weighted by atomic mass is 10.1. The molecule has 1 amide bonds. The van der Waals surface area contributed by atoms with E-state index in [1.165, 1.54) is 18.2 Å². The number of hydrogen-bond donors (Lipinski definition) is 3. The van der Waals surface area contributed by atoms with Crippen molar-refractivity contribution in [1.29, 1.82) is 0 Å². The molecular formula is C14H13ClN2O5S2. The van der Waals surface area contributed by atoms with Crippen LogP contribution >= 0.6 is 22.9 Å². The summed E-state index contributed by atoms with van der Waals surface area (Å²) in [5.41, 5.74) is 0.209. The van der Waals surface area contributed by atoms with Gasteiger partial charge >= 0.3 is 5.97 Å². The zero-order valence-electron chi connectivity index (χ0n) is 12.1. The summed E-state index contributed by atoms with van der Waals surface area (Å²) in [5.74, 6) is -2.10. The van der Waals surface area contributed by atoms with E-state index in [2.05, 4.69) is 10.0 Å². The number of hydrogen-bond acceptors (Lipinski definition) is 5. The summed E-state index contributed by atoms with van der Waals surface area (Å²) in [5, 5.41) is 13.3. The molecule has 0 unspecified atom stereocenters. The zero-order chi connectivity index (χ0) is 17.7. The molecule has 3 N–H and O–H groups in total. The molecule has 1 aromatic carbocycles. The van der Waals surface area contributed by atoms with E-state index in [4.69, 9.17) is 11.6 Å². The molecule has 2 aromatic rings. The van der Waals surface area contributed by atoms with Gasteiger partial charge in [0.05, 0.1) is 6.54 Å². The van der Waals surface area contributed by atoms with E-state index in [9.17, 15) is 23.1 Å². The molecule has 7 nitrogen and oxygen atoms in total. The molecular weight excluding hydrogens is 376 g/mol. The number of aliphatic carboxylic acids is 1. The van der Waals surface area contributed by atoms with E-state index in [0.29, 0.717) is 0 Å². The number of carbonyl (C=O) groups is 2. The Morgan fingerprint density at radius 3 is 2.50 bits per heavy atom. The normalized spacial score (nSPS) is 12.5. The highest BCUT2D eigenvalue weighted by molar-refractivity contribution is 7.91. The predicted octanol–water partition coefficient (Wildman–Crippen LogP) is 1.62. The molecule has 0 bridgehead atoms. The van der Waals surface area contributed by atoms with Crippen LogP contribution in [0.2, 0.25) is 5.02 Å². The van der Waals surface area contributed by atoms with E-state index >= 15 is 0 Å². The summed E-state index contributed by atoms with van der Waals surface area (Å²) in [6.07, 6.45) is 0. The molecule has 24 heavy (non-hydrogen) atoms. The minimum atomic E-state index is -3.81. The standard InChI is InChI=1S/C14H13ClN2O5S2/c15-10-5-2-1-4-9(10)13(14(19)20)17-11(18)8-16-24(21,22)12-6-3-7-23-12/h1-7,13,16H,8H2,(H,17,18)(H,19,20)/t13-/m1/s1. The van der Waals surface area contributed by atoms with Crippen molar-refractivity contribution in [2.24, 2.45) is 0 Å². The van der Waals surface area contributed by atoms with Gasteiger partial charge in [-0.2, -0.15) is 0 Å². The molecule has 0 aliphatic carbocycles. The van der Waals surface area contributed by atoms with Crippen molar-refractivity contribution in [1.82, 2.24) is 10.0 Å². The monoisotopic (exact) mass is 388 g/mol. The summed E-state index contributed by atoms with van der Waals surface area (Å²) >= 11 is 6.94. The van der Waals surface area contributed by atoms with Crippen LogP contribution in [0.3, 0.4) is 0 Å². The number of halogens is 1. The van der Waals surface area contributed by atoms with Crippen LogP contribution in [-0.4, -0.2) is 31.9 Å². The van der Waals surface area contributed by atoms with Gasteiger partial charge in [0.2, 0.25) is 5.91 Å². The lowest BCUT2D eigenvalue weighted by Gasteiger charge is -2.16. The average Bonchev–Trinajstić information content (AvgIpc) is 3.07. The molecule has 0 fully saturated rings. The lowest BCUT2D eigenvalue weighted by molar-refractivity contribution is -0.141. The van der Waals surface area contributed by atoms with Crippen molar-refractivity contribution in [3.05, 3.63) is 52.4 Å². The number of thiophene rings is 1. The van der Waals surface area contributed by atoms with Crippen LogP contribution in [0.5, 0.6) is 0 Å². The number of benzene rings is 1. The molecule has 128 valence electrons. The van der Waals surface area contributed by atoms with Gasteiger partial charge < -0.3 is 10.4 Å². The maximum atomic E-state index is 11.9. The van der Waals surface area contributed by atoms with Crippen LogP contribution in [-0.2, 0) is 19.6 Å². The molecule has 0 aliphatic rings. The smallest absolute Gasteiger partial charge is 0.330 e. The summed E-state index contributed by atoms with van der Waals surface area (Å²) in [6, 6.07) is 7.77. The summed E-state index contributed by atoms with van der Waals surface area (Å²) in [4.78, 5) is 23.3. The van der Waals surface area contributed by atoms with Crippen molar-refractivity contribution >= 4 is 44.8 Å². The molecule has 0 saturated carbocycles. The Bertz CT molecular complexity index is 837. The number of amides is 1. The number of carbonyl (C=O) groups excluding carboxylic acids is 1. The van der Waals surface area contributed by atoms with E-state index < -0.39 is 34.5 Å². The first-order chi connectivity index (χ1) is 11.3. The Morgan fingerprint density at radius 2 is 1.92 bits per heavy atom. The number of nitrogens with one attached hydrogen (secondary N) is 2. The van der Waals surface area contributed by atoms with Gasteiger partial charge in [-0.1, -0.05) is 35.9 Å². The second-order valence-electron chi connectivity index (χ2n) is 4.62. The van der Waals surface area contributed by atoms with Gasteiger partial charge in [-0.3, -0.25) is 4.79 Å². The minimum absolute atomic E-state index is 0.0659. The van der Waals surface area contributed by atoms with Gasteiger partial charge in [0.15, 0.2) is 6.04 Å². The van der Waals surface area contributed by atoms with Gasteiger partial charge in [-0.25, -0.2) is 17.9 Å². The fourth-order valence-electron chi connectivity index (χ4n) is 1.84. The quantitative estimate of drug-likeness (QED) is 0.667. The van der Waals surface area contributed by atoms with Gasteiger partial charge in [0.25, 0.3) is 10.0 Å². The second kappa shape index (κ2) is 7.75. The van der Waals surface area contributed by atoms with E-state index in [-0.39, 0.29) is 14.8 Å². The first-order valence-corrected chi connectivity index (χ1v) is 9.35. The first-order valence-electron chi connectivity index (χ1n) is 6.61. The Hall–Kier alpha value is -1.94. The van der Waals surface area contributed by atoms with Gasteiger partial charge in [-0.05, 0) is 17.5 Å². The lowest BCUT2D eigenvalue weighted by Crippen LogP contribution is -2.40. The SMILES string of the molecule is O=C(CNS(=O)(=O)c1cccs1)N[C@@H](C(=O)O)c1ccccc1Cl. The number of sulfonamides is 1. The van der Waals surface area contributed by atoms with Crippen LogP contribution < -0.4 is 10.0 Å². The van der Waals surface area contributed by atoms with Crippen molar-refractivity contribution in [3.63, 3.8) is 0 Å². The average molecular weight is 389 g/mol. The number of carboxylic acids is 1. The molecule has 10 heteroatoms.